The average Bonchev–Trinajstić information content (AvgIpc) is 2.64. The Morgan fingerprint density at radius 3 is 2.62 bits per heavy atom. The molecule has 5 nitrogen and oxygen atoms in total. The van der Waals surface area contributed by atoms with Crippen molar-refractivity contribution in [2.24, 2.45) is 0 Å². The molecule has 0 saturated carbocycles. The van der Waals surface area contributed by atoms with E-state index in [4.69, 9.17) is 4.74 Å². The monoisotopic (exact) mass is 353 g/mol. The summed E-state index contributed by atoms with van der Waals surface area (Å²) >= 11 is 0. The molecule has 1 aromatic heterocycles. The zero-order valence-electron chi connectivity index (χ0n) is 14.8. The van der Waals surface area contributed by atoms with E-state index >= 15 is 0 Å². The molecular formula is C20H20FN3O2. The van der Waals surface area contributed by atoms with Gasteiger partial charge in [0, 0.05) is 5.69 Å². The molecule has 0 amide bonds. The molecule has 0 aliphatic heterocycles. The molecule has 0 unspecified atom stereocenters. The first-order valence-electron chi connectivity index (χ1n) is 8.55. The minimum absolute atomic E-state index is 0.0865. The molecule has 3 rings (SSSR count). The van der Waals surface area contributed by atoms with Crippen LogP contribution >= 0.6 is 0 Å². The number of halogens is 1. The number of esters is 1. The molecule has 0 saturated heterocycles. The summed E-state index contributed by atoms with van der Waals surface area (Å²) in [6.45, 7) is 4.18. The van der Waals surface area contributed by atoms with E-state index in [1.54, 1.807) is 18.2 Å². The molecule has 0 radical (unpaired) electrons. The van der Waals surface area contributed by atoms with E-state index in [-0.39, 0.29) is 17.3 Å². The van der Waals surface area contributed by atoms with Crippen LogP contribution in [0.5, 0.6) is 0 Å². The smallest absolute Gasteiger partial charge is 0.360 e. The zero-order chi connectivity index (χ0) is 18.5. The van der Waals surface area contributed by atoms with Gasteiger partial charge in [0.25, 0.3) is 0 Å². The molecule has 3 aromatic rings. The Hall–Kier alpha value is -3.02. The molecule has 1 N–H and O–H groups in total. The molecule has 2 aromatic carbocycles. The summed E-state index contributed by atoms with van der Waals surface area (Å²) < 4.78 is 18.9. The van der Waals surface area contributed by atoms with Crippen molar-refractivity contribution < 1.29 is 13.9 Å². The van der Waals surface area contributed by atoms with E-state index in [0.29, 0.717) is 23.3 Å². The number of anilines is 2. The number of para-hydroxylation sites is 2. The second kappa shape index (κ2) is 7.91. The highest BCUT2D eigenvalue weighted by molar-refractivity contribution is 5.96. The van der Waals surface area contributed by atoms with Crippen molar-refractivity contribution in [3.05, 3.63) is 59.5 Å². The van der Waals surface area contributed by atoms with E-state index in [1.807, 2.05) is 26.0 Å². The number of carbonyl (C=O) groups excluding carboxylic acids is 1. The average molecular weight is 353 g/mol. The largest absolute Gasteiger partial charge is 0.461 e. The molecule has 0 fully saturated rings. The van der Waals surface area contributed by atoms with E-state index < -0.39 is 5.97 Å². The lowest BCUT2D eigenvalue weighted by atomic mass is 10.2. The van der Waals surface area contributed by atoms with Crippen LogP contribution in [0.3, 0.4) is 0 Å². The summed E-state index contributed by atoms with van der Waals surface area (Å²) in [5.74, 6) is -0.675. The molecule has 6 heteroatoms. The highest BCUT2D eigenvalue weighted by Crippen LogP contribution is 2.24. The van der Waals surface area contributed by atoms with Crippen molar-refractivity contribution in [1.29, 1.82) is 0 Å². The molecule has 0 aliphatic rings. The summed E-state index contributed by atoms with van der Waals surface area (Å²) in [5.41, 5.74) is 2.66. The predicted octanol–water partition coefficient (Wildman–Crippen LogP) is 4.78. The molecule has 1 heterocycles. The van der Waals surface area contributed by atoms with Gasteiger partial charge in [-0.3, -0.25) is 0 Å². The Bertz CT molecular complexity index is 943. The van der Waals surface area contributed by atoms with Crippen LogP contribution in [0.2, 0.25) is 0 Å². The summed E-state index contributed by atoms with van der Waals surface area (Å²) in [4.78, 5) is 21.4. The van der Waals surface area contributed by atoms with E-state index in [1.165, 1.54) is 12.1 Å². The van der Waals surface area contributed by atoms with Crippen molar-refractivity contribution in [2.75, 3.05) is 11.9 Å². The van der Waals surface area contributed by atoms with Gasteiger partial charge in [-0.25, -0.2) is 19.2 Å². The minimum Gasteiger partial charge on any atom is -0.461 e. The fourth-order valence-corrected chi connectivity index (χ4v) is 2.46. The van der Waals surface area contributed by atoms with E-state index in [0.717, 1.165) is 18.4 Å². The number of fused-ring (bicyclic) bond motifs is 1. The number of benzene rings is 2. The first kappa shape index (κ1) is 17.8. The van der Waals surface area contributed by atoms with E-state index in [2.05, 4.69) is 15.3 Å². The van der Waals surface area contributed by atoms with Crippen LogP contribution in [-0.2, 0) is 4.74 Å². The topological polar surface area (TPSA) is 64.1 Å². The van der Waals surface area contributed by atoms with Crippen LogP contribution in [-0.4, -0.2) is 22.5 Å². The minimum atomic E-state index is -0.548. The lowest BCUT2D eigenvalue weighted by Crippen LogP contribution is -2.13. The molecule has 0 spiro atoms. The van der Waals surface area contributed by atoms with Crippen molar-refractivity contribution in [1.82, 2.24) is 9.97 Å². The SMILES string of the molecule is CCCCOC(=O)c1nc2ccccc2nc1Nc1cc(F)ccc1C. The number of aromatic nitrogens is 2. The number of aryl methyl sites for hydroxylation is 1. The Kier molecular flexibility index (Phi) is 5.41. The van der Waals surface area contributed by atoms with Crippen molar-refractivity contribution >= 4 is 28.5 Å². The molecule has 26 heavy (non-hydrogen) atoms. The highest BCUT2D eigenvalue weighted by atomic mass is 19.1. The number of nitrogens with one attached hydrogen (secondary N) is 1. The van der Waals surface area contributed by atoms with Gasteiger partial charge in [0.05, 0.1) is 17.6 Å². The maximum absolute atomic E-state index is 13.6. The molecule has 0 atom stereocenters. The van der Waals surface area contributed by atoms with Gasteiger partial charge in [-0.15, -0.1) is 0 Å². The van der Waals surface area contributed by atoms with Gasteiger partial charge in [-0.1, -0.05) is 31.5 Å². The van der Waals surface area contributed by atoms with Crippen LogP contribution in [0.15, 0.2) is 42.5 Å². The summed E-state index contributed by atoms with van der Waals surface area (Å²) in [6.07, 6.45) is 1.70. The number of carbonyl (C=O) groups is 1. The molecular weight excluding hydrogens is 333 g/mol. The van der Waals surface area contributed by atoms with Crippen molar-refractivity contribution in [2.45, 2.75) is 26.7 Å². The highest BCUT2D eigenvalue weighted by Gasteiger charge is 2.19. The van der Waals surface area contributed by atoms with Gasteiger partial charge in [-0.2, -0.15) is 0 Å². The summed E-state index contributed by atoms with van der Waals surface area (Å²) in [5, 5.41) is 3.03. The zero-order valence-corrected chi connectivity index (χ0v) is 14.8. The quantitative estimate of drug-likeness (QED) is 0.510. The maximum Gasteiger partial charge on any atom is 0.360 e. The second-order valence-corrected chi connectivity index (χ2v) is 5.98. The standard InChI is InChI=1S/C20H20FN3O2/c1-3-4-11-26-20(25)18-19(23-16-8-6-5-7-15(16)22-18)24-17-12-14(21)10-9-13(17)2/h5-10,12H,3-4,11H2,1-2H3,(H,23,24). The van der Waals surface area contributed by atoms with Crippen molar-refractivity contribution in [3.63, 3.8) is 0 Å². The number of hydrogen-bond acceptors (Lipinski definition) is 5. The summed E-state index contributed by atoms with van der Waals surface area (Å²) in [7, 11) is 0. The van der Waals surface area contributed by atoms with Gasteiger partial charge in [0.1, 0.15) is 5.82 Å². The molecule has 0 aliphatic carbocycles. The molecule has 0 bridgehead atoms. The predicted molar refractivity (Wildman–Crippen MR) is 99.1 cm³/mol. The van der Waals surface area contributed by atoms with Crippen LogP contribution in [0.1, 0.15) is 35.8 Å². The van der Waals surface area contributed by atoms with Gasteiger partial charge >= 0.3 is 5.97 Å². The lowest BCUT2D eigenvalue weighted by molar-refractivity contribution is 0.0494. The third-order valence-electron chi connectivity index (χ3n) is 3.95. The van der Waals surface area contributed by atoms with Gasteiger partial charge < -0.3 is 10.1 Å². The number of unbranched alkanes of at least 4 members (excludes halogenated alkanes) is 1. The molecule has 134 valence electrons. The van der Waals surface area contributed by atoms with Crippen LogP contribution in [0.25, 0.3) is 11.0 Å². The lowest BCUT2D eigenvalue weighted by Gasteiger charge is -2.13. The number of rotatable bonds is 6. The first-order chi connectivity index (χ1) is 12.6. The normalized spacial score (nSPS) is 10.7. The van der Waals surface area contributed by atoms with Gasteiger partial charge in [-0.05, 0) is 43.2 Å². The van der Waals surface area contributed by atoms with E-state index in [9.17, 15) is 9.18 Å². The Morgan fingerprint density at radius 2 is 1.88 bits per heavy atom. The third-order valence-corrected chi connectivity index (χ3v) is 3.95. The number of nitrogens with zero attached hydrogens (tertiary/aromatic N) is 2. The Balaban J connectivity index is 2.02. The fraction of sp³-hybridized carbons (Fsp3) is 0.250. The number of ether oxygens (including phenoxy) is 1. The van der Waals surface area contributed by atoms with Crippen LogP contribution in [0.4, 0.5) is 15.9 Å². The fourth-order valence-electron chi connectivity index (χ4n) is 2.46. The Morgan fingerprint density at radius 1 is 1.15 bits per heavy atom. The van der Waals surface area contributed by atoms with Crippen LogP contribution in [0, 0.1) is 12.7 Å². The third kappa shape index (κ3) is 3.96. The van der Waals surface area contributed by atoms with Gasteiger partial charge in [0.15, 0.2) is 11.5 Å². The van der Waals surface area contributed by atoms with Gasteiger partial charge in [0.2, 0.25) is 0 Å². The number of hydrogen-bond donors (Lipinski definition) is 1. The second-order valence-electron chi connectivity index (χ2n) is 5.98. The van der Waals surface area contributed by atoms with Crippen molar-refractivity contribution in [3.8, 4) is 0 Å². The van der Waals surface area contributed by atoms with Crippen LogP contribution < -0.4 is 5.32 Å². The first-order valence-corrected chi connectivity index (χ1v) is 8.55. The summed E-state index contributed by atoms with van der Waals surface area (Å²) in [6, 6.07) is 11.7. The Labute approximate surface area is 151 Å². The maximum atomic E-state index is 13.6.